The van der Waals surface area contributed by atoms with Crippen LogP contribution in [0.2, 0.25) is 0 Å². The number of thiazole rings is 1. The van der Waals surface area contributed by atoms with Gasteiger partial charge in [0.1, 0.15) is 0 Å². The molecule has 4 rings (SSSR count). The zero-order chi connectivity index (χ0) is 24.5. The first kappa shape index (κ1) is 24.0. The summed E-state index contributed by atoms with van der Waals surface area (Å²) in [6.07, 6.45) is 3.46. The number of fused-ring (bicyclic) bond motifs is 1. The lowest BCUT2D eigenvalue weighted by Gasteiger charge is -2.30. The Bertz CT molecular complexity index is 1440. The number of carbonyl (C=O) groups excluding carboxylic acids is 1. The quantitative estimate of drug-likeness (QED) is 0.289. The predicted molar refractivity (Wildman–Crippen MR) is 130 cm³/mol. The van der Waals surface area contributed by atoms with E-state index in [0.29, 0.717) is 35.9 Å². The molecule has 1 aliphatic heterocycles. The molecule has 1 unspecified atom stereocenters. The average Bonchev–Trinajstić information content (AvgIpc) is 3.15. The summed E-state index contributed by atoms with van der Waals surface area (Å²) in [4.78, 5) is 28.3. The predicted octanol–water partition coefficient (Wildman–Crippen LogP) is 3.96. The highest BCUT2D eigenvalue weighted by atomic mass is 32.2. The van der Waals surface area contributed by atoms with Gasteiger partial charge in [-0.25, -0.2) is 8.42 Å². The number of sulfonamides is 1. The maximum absolute atomic E-state index is 13.0. The Morgan fingerprint density at radius 2 is 2.03 bits per heavy atom. The minimum absolute atomic E-state index is 0.0547. The number of aromatic nitrogens is 1. The highest BCUT2D eigenvalue weighted by Crippen LogP contribution is 2.25. The van der Waals surface area contributed by atoms with Gasteiger partial charge in [0.25, 0.3) is 11.6 Å². The van der Waals surface area contributed by atoms with E-state index in [1.165, 1.54) is 52.0 Å². The number of non-ortho nitro benzene ring substituents is 1. The van der Waals surface area contributed by atoms with Crippen LogP contribution in [0.4, 0.5) is 5.69 Å². The Hall–Kier alpha value is -3.15. The molecule has 178 valence electrons. The standard InChI is InChI=1S/C23H24N4O5S2/c1-3-12-26-20-14-18(27(29)30)8-11-21(20)33-23(26)24-22(28)17-6-9-19(10-7-17)34(31,32)25-13-4-5-16(2)15-25/h3,6-11,14,16H,1,4-5,12-13,15H2,2H3. The van der Waals surface area contributed by atoms with Gasteiger partial charge < -0.3 is 4.57 Å². The van der Waals surface area contributed by atoms with E-state index >= 15 is 0 Å². The van der Waals surface area contributed by atoms with E-state index in [1.54, 1.807) is 16.7 Å². The molecule has 0 bridgehead atoms. The maximum Gasteiger partial charge on any atom is 0.279 e. The van der Waals surface area contributed by atoms with E-state index in [0.717, 1.165) is 17.5 Å². The lowest BCUT2D eigenvalue weighted by atomic mass is 10.0. The Kier molecular flexibility index (Phi) is 6.78. The lowest BCUT2D eigenvalue weighted by molar-refractivity contribution is -0.384. The van der Waals surface area contributed by atoms with Gasteiger partial charge in [-0.15, -0.1) is 6.58 Å². The number of amides is 1. The van der Waals surface area contributed by atoms with E-state index in [1.807, 2.05) is 6.92 Å². The summed E-state index contributed by atoms with van der Waals surface area (Å²) in [6.45, 7) is 7.06. The molecule has 1 aromatic heterocycles. The SMILES string of the molecule is C=CCn1c(=NC(=O)c2ccc(S(=O)(=O)N3CCCC(C)C3)cc2)sc2ccc([N+](=O)[O-])cc21. The molecule has 0 aliphatic carbocycles. The minimum atomic E-state index is -3.62. The molecular formula is C23H24N4O5S2. The summed E-state index contributed by atoms with van der Waals surface area (Å²) >= 11 is 1.24. The summed E-state index contributed by atoms with van der Waals surface area (Å²) in [5, 5.41) is 11.2. The summed E-state index contributed by atoms with van der Waals surface area (Å²) in [6, 6.07) is 10.3. The lowest BCUT2D eigenvalue weighted by Crippen LogP contribution is -2.39. The zero-order valence-electron chi connectivity index (χ0n) is 18.6. The van der Waals surface area contributed by atoms with Gasteiger partial charge in [-0.05, 0) is 49.1 Å². The van der Waals surface area contributed by atoms with Crippen LogP contribution < -0.4 is 4.80 Å². The van der Waals surface area contributed by atoms with Gasteiger partial charge in [-0.2, -0.15) is 9.30 Å². The first-order chi connectivity index (χ1) is 16.2. The maximum atomic E-state index is 13.0. The van der Waals surface area contributed by atoms with Crippen LogP contribution in [0.1, 0.15) is 30.1 Å². The highest BCUT2D eigenvalue weighted by Gasteiger charge is 2.28. The first-order valence-corrected chi connectivity index (χ1v) is 13.0. The molecule has 0 saturated carbocycles. The van der Waals surface area contributed by atoms with E-state index in [-0.39, 0.29) is 16.1 Å². The molecule has 0 radical (unpaired) electrons. The van der Waals surface area contributed by atoms with Crippen molar-refractivity contribution in [1.82, 2.24) is 8.87 Å². The molecule has 11 heteroatoms. The molecule has 9 nitrogen and oxygen atoms in total. The third-order valence-corrected chi connectivity index (χ3v) is 8.68. The third kappa shape index (κ3) is 4.72. The smallest absolute Gasteiger partial charge is 0.279 e. The molecule has 1 aliphatic rings. The van der Waals surface area contributed by atoms with Gasteiger partial charge in [0.05, 0.1) is 20.0 Å². The number of nitro groups is 1. The molecule has 1 amide bonds. The van der Waals surface area contributed by atoms with Crippen LogP contribution in [-0.2, 0) is 16.6 Å². The van der Waals surface area contributed by atoms with E-state index in [4.69, 9.17) is 0 Å². The Balaban J connectivity index is 1.66. The molecule has 1 saturated heterocycles. The van der Waals surface area contributed by atoms with E-state index in [2.05, 4.69) is 11.6 Å². The molecule has 34 heavy (non-hydrogen) atoms. The molecule has 3 aromatic rings. The van der Waals surface area contributed by atoms with Crippen LogP contribution in [0, 0.1) is 16.0 Å². The summed E-state index contributed by atoms with van der Waals surface area (Å²) in [7, 11) is -3.62. The fourth-order valence-electron chi connectivity index (χ4n) is 4.00. The van der Waals surface area contributed by atoms with Crippen LogP contribution in [0.25, 0.3) is 10.2 Å². The van der Waals surface area contributed by atoms with Crippen molar-refractivity contribution in [2.75, 3.05) is 13.1 Å². The van der Waals surface area contributed by atoms with Gasteiger partial charge in [-0.3, -0.25) is 14.9 Å². The topological polar surface area (TPSA) is 115 Å². The number of allylic oxidation sites excluding steroid dienone is 1. The fourth-order valence-corrected chi connectivity index (χ4v) is 6.61. The van der Waals surface area contributed by atoms with Crippen molar-refractivity contribution >= 4 is 43.2 Å². The molecule has 0 N–H and O–H groups in total. The molecular weight excluding hydrogens is 476 g/mol. The Morgan fingerprint density at radius 1 is 1.29 bits per heavy atom. The highest BCUT2D eigenvalue weighted by molar-refractivity contribution is 7.89. The molecule has 1 atom stereocenters. The zero-order valence-corrected chi connectivity index (χ0v) is 20.2. The van der Waals surface area contributed by atoms with Crippen molar-refractivity contribution in [1.29, 1.82) is 0 Å². The second-order valence-electron chi connectivity index (χ2n) is 8.24. The largest absolute Gasteiger partial charge is 0.312 e. The number of piperidine rings is 1. The van der Waals surface area contributed by atoms with E-state index < -0.39 is 20.9 Å². The van der Waals surface area contributed by atoms with E-state index in [9.17, 15) is 23.3 Å². The molecule has 1 fully saturated rings. The van der Waals surface area contributed by atoms with Gasteiger partial charge in [0.2, 0.25) is 10.0 Å². The van der Waals surface area contributed by atoms with Crippen molar-refractivity contribution in [3.63, 3.8) is 0 Å². The number of nitro benzene ring substituents is 1. The Morgan fingerprint density at radius 3 is 2.68 bits per heavy atom. The van der Waals surface area contributed by atoms with Crippen molar-refractivity contribution in [3.05, 3.63) is 75.6 Å². The number of carbonyl (C=O) groups is 1. The van der Waals surface area contributed by atoms with Crippen LogP contribution in [0.5, 0.6) is 0 Å². The monoisotopic (exact) mass is 500 g/mol. The average molecular weight is 501 g/mol. The van der Waals surface area contributed by atoms with Crippen LogP contribution in [0.15, 0.2) is 65.0 Å². The summed E-state index contributed by atoms with van der Waals surface area (Å²) in [5.41, 5.74) is 0.781. The van der Waals surface area contributed by atoms with Gasteiger partial charge in [-0.1, -0.05) is 24.3 Å². The van der Waals surface area contributed by atoms with Gasteiger partial charge in [0, 0.05) is 37.3 Å². The number of hydrogen-bond donors (Lipinski definition) is 0. The molecule has 0 spiro atoms. The fraction of sp³-hybridized carbons (Fsp3) is 0.304. The summed E-state index contributed by atoms with van der Waals surface area (Å²) in [5.74, 6) is -0.220. The van der Waals surface area contributed by atoms with Crippen molar-refractivity contribution in [2.24, 2.45) is 10.9 Å². The first-order valence-electron chi connectivity index (χ1n) is 10.8. The van der Waals surface area contributed by atoms with Gasteiger partial charge in [0.15, 0.2) is 4.80 Å². The second kappa shape index (κ2) is 9.61. The van der Waals surface area contributed by atoms with Crippen LogP contribution in [0.3, 0.4) is 0 Å². The van der Waals surface area contributed by atoms with Crippen LogP contribution in [-0.4, -0.2) is 41.2 Å². The normalized spacial score (nSPS) is 17.7. The molecule has 2 heterocycles. The van der Waals surface area contributed by atoms with Crippen molar-refractivity contribution in [2.45, 2.75) is 31.2 Å². The van der Waals surface area contributed by atoms with Gasteiger partial charge >= 0.3 is 0 Å². The second-order valence-corrected chi connectivity index (χ2v) is 11.2. The minimum Gasteiger partial charge on any atom is -0.312 e. The number of nitrogens with zero attached hydrogens (tertiary/aromatic N) is 4. The van der Waals surface area contributed by atoms with Crippen LogP contribution >= 0.6 is 11.3 Å². The van der Waals surface area contributed by atoms with Crippen molar-refractivity contribution < 1.29 is 18.1 Å². The number of rotatable bonds is 6. The Labute approximate surface area is 200 Å². The third-order valence-electron chi connectivity index (χ3n) is 5.74. The molecule has 2 aromatic carbocycles. The summed E-state index contributed by atoms with van der Waals surface area (Å²) < 4.78 is 29.8. The number of hydrogen-bond acceptors (Lipinski definition) is 6. The van der Waals surface area contributed by atoms with Crippen molar-refractivity contribution in [3.8, 4) is 0 Å². The number of benzene rings is 2.